The molecule has 1 aliphatic rings. The molecule has 2 amide bonds. The minimum absolute atomic E-state index is 0.00414. The summed E-state index contributed by atoms with van der Waals surface area (Å²) in [5.74, 6) is -0.0133. The predicted octanol–water partition coefficient (Wildman–Crippen LogP) is 3.61. The summed E-state index contributed by atoms with van der Waals surface area (Å²) in [7, 11) is 0. The van der Waals surface area contributed by atoms with Gasteiger partial charge in [0.05, 0.1) is 12.5 Å². The molecule has 0 aliphatic carbocycles. The molecule has 0 spiro atoms. The molecule has 4 nitrogen and oxygen atoms in total. The van der Waals surface area contributed by atoms with E-state index in [1.807, 2.05) is 67.3 Å². The summed E-state index contributed by atoms with van der Waals surface area (Å²) < 4.78 is 0. The highest BCUT2D eigenvalue weighted by Gasteiger charge is 2.34. The number of carbonyl (C=O) groups is 2. The SMILES string of the molecule is CCCNC(=O)CC(c1ccc(C)cc1)N1Cc2ccccc2C1=O. The summed E-state index contributed by atoms with van der Waals surface area (Å²) >= 11 is 0. The zero-order valence-corrected chi connectivity index (χ0v) is 14.8. The van der Waals surface area contributed by atoms with Crippen LogP contribution in [0.4, 0.5) is 0 Å². The highest BCUT2D eigenvalue weighted by atomic mass is 16.2. The molecule has 130 valence electrons. The average Bonchev–Trinajstić information content (AvgIpc) is 2.96. The van der Waals surface area contributed by atoms with Crippen molar-refractivity contribution in [3.8, 4) is 0 Å². The summed E-state index contributed by atoms with van der Waals surface area (Å²) in [6, 6.07) is 15.5. The van der Waals surface area contributed by atoms with Crippen molar-refractivity contribution < 1.29 is 9.59 Å². The molecule has 0 saturated carbocycles. The van der Waals surface area contributed by atoms with Crippen LogP contribution in [0.2, 0.25) is 0 Å². The lowest BCUT2D eigenvalue weighted by molar-refractivity contribution is -0.122. The van der Waals surface area contributed by atoms with Crippen molar-refractivity contribution in [3.63, 3.8) is 0 Å². The van der Waals surface area contributed by atoms with Crippen molar-refractivity contribution in [2.45, 2.75) is 39.3 Å². The summed E-state index contributed by atoms with van der Waals surface area (Å²) in [4.78, 5) is 27.0. The number of aryl methyl sites for hydroxylation is 1. The number of amides is 2. The van der Waals surface area contributed by atoms with Gasteiger partial charge in [-0.3, -0.25) is 9.59 Å². The Kier molecular flexibility index (Phi) is 5.17. The van der Waals surface area contributed by atoms with Crippen LogP contribution in [-0.4, -0.2) is 23.3 Å². The Labute approximate surface area is 148 Å². The van der Waals surface area contributed by atoms with Crippen LogP contribution in [0, 0.1) is 6.92 Å². The maximum Gasteiger partial charge on any atom is 0.255 e. The largest absolute Gasteiger partial charge is 0.356 e. The van der Waals surface area contributed by atoms with Crippen molar-refractivity contribution in [1.82, 2.24) is 10.2 Å². The fraction of sp³-hybridized carbons (Fsp3) is 0.333. The van der Waals surface area contributed by atoms with E-state index < -0.39 is 0 Å². The highest BCUT2D eigenvalue weighted by Crippen LogP contribution is 2.33. The Bertz CT molecular complexity index is 768. The molecule has 25 heavy (non-hydrogen) atoms. The maximum atomic E-state index is 12.9. The maximum absolute atomic E-state index is 12.9. The number of nitrogens with zero attached hydrogens (tertiary/aromatic N) is 1. The van der Waals surface area contributed by atoms with Gasteiger partial charge in [-0.05, 0) is 30.5 Å². The van der Waals surface area contributed by atoms with Crippen LogP contribution in [0.25, 0.3) is 0 Å². The first-order chi connectivity index (χ1) is 12.1. The lowest BCUT2D eigenvalue weighted by Crippen LogP contribution is -2.34. The molecular weight excluding hydrogens is 312 g/mol. The van der Waals surface area contributed by atoms with E-state index in [0.29, 0.717) is 13.1 Å². The lowest BCUT2D eigenvalue weighted by Gasteiger charge is -2.28. The molecule has 3 rings (SSSR count). The average molecular weight is 336 g/mol. The third kappa shape index (κ3) is 3.73. The molecule has 1 aliphatic heterocycles. The smallest absolute Gasteiger partial charge is 0.255 e. The summed E-state index contributed by atoms with van der Waals surface area (Å²) in [5.41, 5.74) is 3.93. The van der Waals surface area contributed by atoms with Gasteiger partial charge >= 0.3 is 0 Å². The van der Waals surface area contributed by atoms with Gasteiger partial charge in [0.1, 0.15) is 0 Å². The molecule has 1 atom stereocenters. The van der Waals surface area contributed by atoms with Gasteiger partial charge in [0.15, 0.2) is 0 Å². The second-order valence-electron chi connectivity index (χ2n) is 6.57. The van der Waals surface area contributed by atoms with E-state index in [-0.39, 0.29) is 24.3 Å². The number of rotatable bonds is 6. The molecule has 1 heterocycles. The Morgan fingerprint density at radius 1 is 1.16 bits per heavy atom. The zero-order chi connectivity index (χ0) is 17.8. The summed E-state index contributed by atoms with van der Waals surface area (Å²) in [6.07, 6.45) is 1.18. The van der Waals surface area contributed by atoms with Crippen molar-refractivity contribution >= 4 is 11.8 Å². The third-order valence-corrected chi connectivity index (χ3v) is 4.64. The third-order valence-electron chi connectivity index (χ3n) is 4.64. The molecule has 2 aromatic carbocycles. The van der Waals surface area contributed by atoms with Crippen LogP contribution in [-0.2, 0) is 11.3 Å². The minimum Gasteiger partial charge on any atom is -0.356 e. The molecule has 1 unspecified atom stereocenters. The fourth-order valence-corrected chi connectivity index (χ4v) is 3.24. The van der Waals surface area contributed by atoms with Crippen molar-refractivity contribution in [3.05, 3.63) is 70.8 Å². The first kappa shape index (κ1) is 17.2. The van der Waals surface area contributed by atoms with E-state index in [4.69, 9.17) is 0 Å². The molecule has 0 radical (unpaired) electrons. The standard InChI is InChI=1S/C21H24N2O2/c1-3-12-22-20(24)13-19(16-10-8-15(2)9-11-16)23-14-17-6-4-5-7-18(17)21(23)25/h4-11,19H,3,12-14H2,1-2H3,(H,22,24). The fourth-order valence-electron chi connectivity index (χ4n) is 3.24. The zero-order valence-electron chi connectivity index (χ0n) is 14.8. The Hall–Kier alpha value is -2.62. The summed E-state index contributed by atoms with van der Waals surface area (Å²) in [5, 5.41) is 2.93. The van der Waals surface area contributed by atoms with Crippen LogP contribution in [0.15, 0.2) is 48.5 Å². The van der Waals surface area contributed by atoms with E-state index in [1.165, 1.54) is 0 Å². The van der Waals surface area contributed by atoms with E-state index in [1.54, 1.807) is 0 Å². The van der Waals surface area contributed by atoms with Crippen LogP contribution >= 0.6 is 0 Å². The van der Waals surface area contributed by atoms with Gasteiger partial charge in [-0.25, -0.2) is 0 Å². The van der Waals surface area contributed by atoms with E-state index >= 15 is 0 Å². The second kappa shape index (κ2) is 7.51. The number of hydrogen-bond donors (Lipinski definition) is 1. The van der Waals surface area contributed by atoms with Crippen LogP contribution in [0.1, 0.15) is 52.9 Å². The van der Waals surface area contributed by atoms with Gasteiger partial charge in [-0.15, -0.1) is 0 Å². The normalized spacial score (nSPS) is 14.3. The van der Waals surface area contributed by atoms with Crippen LogP contribution in [0.3, 0.4) is 0 Å². The lowest BCUT2D eigenvalue weighted by atomic mass is 10.00. The van der Waals surface area contributed by atoms with Gasteiger partial charge in [0.2, 0.25) is 5.91 Å². The quantitative estimate of drug-likeness (QED) is 0.876. The molecule has 0 fully saturated rings. The number of hydrogen-bond acceptors (Lipinski definition) is 2. The molecule has 4 heteroatoms. The predicted molar refractivity (Wildman–Crippen MR) is 98.2 cm³/mol. The van der Waals surface area contributed by atoms with Gasteiger partial charge in [0, 0.05) is 18.7 Å². The van der Waals surface area contributed by atoms with Crippen molar-refractivity contribution in [1.29, 1.82) is 0 Å². The van der Waals surface area contributed by atoms with Gasteiger partial charge < -0.3 is 10.2 Å². The minimum atomic E-state index is -0.252. The Balaban J connectivity index is 1.88. The Morgan fingerprint density at radius 2 is 1.88 bits per heavy atom. The Morgan fingerprint density at radius 3 is 2.56 bits per heavy atom. The van der Waals surface area contributed by atoms with Crippen molar-refractivity contribution in [2.75, 3.05) is 6.54 Å². The molecule has 1 N–H and O–H groups in total. The van der Waals surface area contributed by atoms with E-state index in [2.05, 4.69) is 5.32 Å². The molecule has 2 aromatic rings. The van der Waals surface area contributed by atoms with Gasteiger partial charge in [-0.1, -0.05) is 55.0 Å². The molecule has 0 saturated heterocycles. The van der Waals surface area contributed by atoms with Crippen LogP contribution in [0.5, 0.6) is 0 Å². The first-order valence-electron chi connectivity index (χ1n) is 8.82. The first-order valence-corrected chi connectivity index (χ1v) is 8.82. The monoisotopic (exact) mass is 336 g/mol. The number of nitrogens with one attached hydrogen (secondary N) is 1. The molecule has 0 bridgehead atoms. The number of carbonyl (C=O) groups excluding carboxylic acids is 2. The van der Waals surface area contributed by atoms with Gasteiger partial charge in [-0.2, -0.15) is 0 Å². The topological polar surface area (TPSA) is 49.4 Å². The van der Waals surface area contributed by atoms with E-state index in [9.17, 15) is 9.59 Å². The summed E-state index contributed by atoms with van der Waals surface area (Å²) in [6.45, 7) is 5.27. The molecular formula is C21H24N2O2. The number of fused-ring (bicyclic) bond motifs is 1. The second-order valence-corrected chi connectivity index (χ2v) is 6.57. The van der Waals surface area contributed by atoms with E-state index in [0.717, 1.165) is 28.7 Å². The van der Waals surface area contributed by atoms with Crippen LogP contribution < -0.4 is 5.32 Å². The van der Waals surface area contributed by atoms with Gasteiger partial charge in [0.25, 0.3) is 5.91 Å². The molecule has 0 aromatic heterocycles. The number of benzene rings is 2. The highest BCUT2D eigenvalue weighted by molar-refractivity contribution is 5.98. The van der Waals surface area contributed by atoms with Crippen molar-refractivity contribution in [2.24, 2.45) is 0 Å².